The number of aliphatic imine (C=N–C) groups is 1. The Balaban J connectivity index is 2.98. The van der Waals surface area contributed by atoms with Gasteiger partial charge in [0.05, 0.1) is 6.61 Å². The molecule has 1 heterocycles. The Bertz CT molecular complexity index is 728. The van der Waals surface area contributed by atoms with Crippen molar-refractivity contribution in [3.05, 3.63) is 0 Å². The zero-order valence-corrected chi connectivity index (χ0v) is 19.2. The summed E-state index contributed by atoms with van der Waals surface area (Å²) >= 11 is 0. The average molecular weight is 472 g/mol. The number of aliphatic hydroxyl groups excluding tert-OH is 1. The van der Waals surface area contributed by atoms with Crippen LogP contribution in [-0.2, 0) is 19.2 Å². The molecule has 5 unspecified atom stereocenters. The molecule has 3 amide bonds. The lowest BCUT2D eigenvalue weighted by Gasteiger charge is -2.30. The Kier molecular flexibility index (Phi) is 11.6. The topological polar surface area (TPSA) is 226 Å². The van der Waals surface area contributed by atoms with Crippen molar-refractivity contribution in [2.45, 2.75) is 70.1 Å². The number of aliphatic carboxylic acids is 1. The number of hydrogen-bond donors (Lipinski definition) is 7. The van der Waals surface area contributed by atoms with Crippen LogP contribution in [-0.4, -0.2) is 88.6 Å². The monoisotopic (exact) mass is 471 g/mol. The molecule has 0 aromatic carbocycles. The standard InChI is InChI=1S/C20H37N7O6/c1-3-11(2)15(19(32)33)26-17(30)14-7-5-9-27(14)18(31)13(6-4-8-24-20(22)23)25-16(29)12(21)10-28/h11-15,28H,3-10,21H2,1-2H3,(H,25,29)(H,26,30)(H,32,33)(H4,22,23,24). The largest absolute Gasteiger partial charge is 0.480 e. The number of nitrogens with one attached hydrogen (secondary N) is 2. The van der Waals surface area contributed by atoms with E-state index >= 15 is 0 Å². The first-order valence-electron chi connectivity index (χ1n) is 11.1. The fourth-order valence-corrected chi connectivity index (χ4v) is 3.56. The van der Waals surface area contributed by atoms with E-state index in [9.17, 15) is 24.3 Å². The Morgan fingerprint density at radius 1 is 1.21 bits per heavy atom. The lowest BCUT2D eigenvalue weighted by atomic mass is 9.98. The second-order valence-corrected chi connectivity index (χ2v) is 8.20. The van der Waals surface area contributed by atoms with Crippen molar-refractivity contribution in [2.24, 2.45) is 28.1 Å². The van der Waals surface area contributed by atoms with Crippen LogP contribution < -0.4 is 27.8 Å². The zero-order chi connectivity index (χ0) is 25.1. The van der Waals surface area contributed by atoms with Gasteiger partial charge in [0.25, 0.3) is 0 Å². The van der Waals surface area contributed by atoms with Gasteiger partial charge in [-0.05, 0) is 31.6 Å². The number of carboxylic acids is 1. The smallest absolute Gasteiger partial charge is 0.326 e. The van der Waals surface area contributed by atoms with Crippen molar-refractivity contribution in [3.63, 3.8) is 0 Å². The number of hydrogen-bond acceptors (Lipinski definition) is 7. The lowest BCUT2D eigenvalue weighted by molar-refractivity contribution is -0.146. The molecule has 5 atom stereocenters. The second kappa shape index (κ2) is 13.6. The summed E-state index contributed by atoms with van der Waals surface area (Å²) in [6, 6.07) is -4.14. The van der Waals surface area contributed by atoms with Gasteiger partial charge in [0, 0.05) is 13.1 Å². The van der Waals surface area contributed by atoms with Gasteiger partial charge < -0.3 is 42.9 Å². The van der Waals surface area contributed by atoms with Crippen LogP contribution in [0.15, 0.2) is 4.99 Å². The van der Waals surface area contributed by atoms with Gasteiger partial charge in [0.15, 0.2) is 5.96 Å². The maximum atomic E-state index is 13.3. The van der Waals surface area contributed by atoms with Gasteiger partial charge in [-0.15, -0.1) is 0 Å². The fourth-order valence-electron chi connectivity index (χ4n) is 3.56. The van der Waals surface area contributed by atoms with E-state index in [0.29, 0.717) is 25.7 Å². The first-order chi connectivity index (χ1) is 15.5. The maximum Gasteiger partial charge on any atom is 0.326 e. The number of guanidine groups is 1. The van der Waals surface area contributed by atoms with Gasteiger partial charge in [0.2, 0.25) is 17.7 Å². The SMILES string of the molecule is CCC(C)C(NC(=O)C1CCCN1C(=O)C(CCCN=C(N)N)NC(=O)C(N)CO)C(=O)O. The third-order valence-electron chi connectivity index (χ3n) is 5.71. The third kappa shape index (κ3) is 8.50. The summed E-state index contributed by atoms with van der Waals surface area (Å²) in [6.07, 6.45) is 2.02. The van der Waals surface area contributed by atoms with Gasteiger partial charge >= 0.3 is 5.97 Å². The number of carbonyl (C=O) groups is 4. The van der Waals surface area contributed by atoms with Crippen LogP contribution in [0.5, 0.6) is 0 Å². The molecular weight excluding hydrogens is 434 g/mol. The molecule has 188 valence electrons. The summed E-state index contributed by atoms with van der Waals surface area (Å²) in [4.78, 5) is 55.1. The number of rotatable bonds is 13. The van der Waals surface area contributed by atoms with E-state index < -0.39 is 54.5 Å². The highest BCUT2D eigenvalue weighted by Gasteiger charge is 2.39. The van der Waals surface area contributed by atoms with Crippen molar-refractivity contribution >= 4 is 29.7 Å². The molecule has 0 spiro atoms. The van der Waals surface area contributed by atoms with Gasteiger partial charge in [-0.3, -0.25) is 19.4 Å². The molecule has 0 aromatic heterocycles. The molecule has 1 aliphatic rings. The van der Waals surface area contributed by atoms with E-state index in [4.69, 9.17) is 22.3 Å². The van der Waals surface area contributed by atoms with Crippen LogP contribution in [0.2, 0.25) is 0 Å². The number of carbonyl (C=O) groups excluding carboxylic acids is 3. The molecule has 1 fully saturated rings. The van der Waals surface area contributed by atoms with E-state index in [-0.39, 0.29) is 31.4 Å². The summed E-state index contributed by atoms with van der Waals surface area (Å²) in [5.74, 6) is -3.29. The third-order valence-corrected chi connectivity index (χ3v) is 5.71. The van der Waals surface area contributed by atoms with Crippen LogP contribution in [0.3, 0.4) is 0 Å². The quantitative estimate of drug-likeness (QED) is 0.0850. The van der Waals surface area contributed by atoms with Crippen LogP contribution in [0.1, 0.15) is 46.0 Å². The highest BCUT2D eigenvalue weighted by molar-refractivity contribution is 5.94. The molecule has 0 aliphatic carbocycles. The molecule has 0 aromatic rings. The summed E-state index contributed by atoms with van der Waals surface area (Å²) in [7, 11) is 0. The van der Waals surface area contributed by atoms with E-state index in [1.807, 2.05) is 6.92 Å². The highest BCUT2D eigenvalue weighted by atomic mass is 16.4. The number of nitrogens with zero attached hydrogens (tertiary/aromatic N) is 2. The summed E-state index contributed by atoms with van der Waals surface area (Å²) in [5.41, 5.74) is 16.2. The summed E-state index contributed by atoms with van der Waals surface area (Å²) < 4.78 is 0. The van der Waals surface area contributed by atoms with E-state index in [0.717, 1.165) is 0 Å². The van der Waals surface area contributed by atoms with Crippen LogP contribution in [0.25, 0.3) is 0 Å². The lowest BCUT2D eigenvalue weighted by Crippen LogP contribution is -2.57. The van der Waals surface area contributed by atoms with Crippen LogP contribution >= 0.6 is 0 Å². The van der Waals surface area contributed by atoms with Crippen LogP contribution in [0, 0.1) is 5.92 Å². The zero-order valence-electron chi connectivity index (χ0n) is 19.2. The molecule has 1 rings (SSSR count). The Hall–Kier alpha value is -2.93. The van der Waals surface area contributed by atoms with Crippen molar-refractivity contribution in [2.75, 3.05) is 19.7 Å². The predicted octanol–water partition coefficient (Wildman–Crippen LogP) is -2.55. The molecule has 13 nitrogen and oxygen atoms in total. The number of amides is 3. The summed E-state index contributed by atoms with van der Waals surface area (Å²) in [5, 5.41) is 23.7. The van der Waals surface area contributed by atoms with E-state index in [1.54, 1.807) is 6.92 Å². The minimum absolute atomic E-state index is 0.102. The molecule has 0 radical (unpaired) electrons. The second-order valence-electron chi connectivity index (χ2n) is 8.20. The van der Waals surface area contributed by atoms with Crippen molar-refractivity contribution in [1.82, 2.24) is 15.5 Å². The van der Waals surface area contributed by atoms with Gasteiger partial charge in [-0.1, -0.05) is 20.3 Å². The molecule has 13 heteroatoms. The molecule has 10 N–H and O–H groups in total. The van der Waals surface area contributed by atoms with E-state index in [2.05, 4.69) is 15.6 Å². The molecule has 0 saturated carbocycles. The predicted molar refractivity (Wildman–Crippen MR) is 121 cm³/mol. The normalized spacial score (nSPS) is 19.2. The molecular formula is C20H37N7O6. The molecule has 1 aliphatic heterocycles. The van der Waals surface area contributed by atoms with Crippen molar-refractivity contribution in [1.29, 1.82) is 0 Å². The first-order valence-corrected chi connectivity index (χ1v) is 11.1. The number of carboxylic acid groups (broad SMARTS) is 1. The summed E-state index contributed by atoms with van der Waals surface area (Å²) in [6.45, 7) is 3.47. The Labute approximate surface area is 193 Å². The number of likely N-dealkylation sites (tertiary alicyclic amines) is 1. The molecule has 0 bridgehead atoms. The molecule has 1 saturated heterocycles. The Morgan fingerprint density at radius 3 is 2.42 bits per heavy atom. The Morgan fingerprint density at radius 2 is 1.88 bits per heavy atom. The van der Waals surface area contributed by atoms with Crippen molar-refractivity contribution < 1.29 is 29.4 Å². The minimum Gasteiger partial charge on any atom is -0.480 e. The first kappa shape index (κ1) is 28.1. The molecule has 33 heavy (non-hydrogen) atoms. The number of aliphatic hydroxyl groups is 1. The van der Waals surface area contributed by atoms with Crippen LogP contribution in [0.4, 0.5) is 0 Å². The van der Waals surface area contributed by atoms with Crippen molar-refractivity contribution in [3.8, 4) is 0 Å². The van der Waals surface area contributed by atoms with Gasteiger partial charge in [0.1, 0.15) is 24.2 Å². The van der Waals surface area contributed by atoms with Gasteiger partial charge in [-0.25, -0.2) is 4.79 Å². The fraction of sp³-hybridized carbons (Fsp3) is 0.750. The number of nitrogens with two attached hydrogens (primary N) is 3. The average Bonchev–Trinajstić information content (AvgIpc) is 3.27. The van der Waals surface area contributed by atoms with E-state index in [1.165, 1.54) is 4.90 Å². The minimum atomic E-state index is -1.21. The highest BCUT2D eigenvalue weighted by Crippen LogP contribution is 2.21. The maximum absolute atomic E-state index is 13.3. The van der Waals surface area contributed by atoms with Gasteiger partial charge in [-0.2, -0.15) is 0 Å².